The summed E-state index contributed by atoms with van der Waals surface area (Å²) < 4.78 is 44.1. The molecule has 2 aromatic carbocycles. The molecule has 1 fully saturated rings. The highest BCUT2D eigenvalue weighted by atomic mass is 32.2. The first-order valence-corrected chi connectivity index (χ1v) is 13.7. The van der Waals surface area contributed by atoms with Crippen molar-refractivity contribution >= 4 is 27.7 Å². The minimum atomic E-state index is -3.85. The topological polar surface area (TPSA) is 102 Å². The molecular weight excluding hydrogens is 489 g/mol. The molecule has 196 valence electrons. The van der Waals surface area contributed by atoms with Gasteiger partial charge in [-0.15, -0.1) is 0 Å². The highest BCUT2D eigenvalue weighted by Crippen LogP contribution is 2.45. The average Bonchev–Trinajstić information content (AvgIpc) is 2.82. The van der Waals surface area contributed by atoms with Gasteiger partial charge in [0.05, 0.1) is 6.04 Å². The highest BCUT2D eigenvalue weighted by molar-refractivity contribution is 7.90. The number of hydrogen-bond donors (Lipinski definition) is 2. The minimum absolute atomic E-state index is 0.282. The van der Waals surface area contributed by atoms with Gasteiger partial charge in [-0.3, -0.25) is 14.5 Å². The normalized spacial score (nSPS) is 21.2. The molecule has 2 aromatic rings. The van der Waals surface area contributed by atoms with Gasteiger partial charge in [0, 0.05) is 12.0 Å². The molecule has 0 unspecified atom stereocenters. The van der Waals surface area contributed by atoms with Crippen molar-refractivity contribution in [2.45, 2.75) is 44.9 Å². The van der Waals surface area contributed by atoms with E-state index in [2.05, 4.69) is 16.3 Å². The van der Waals surface area contributed by atoms with Crippen LogP contribution in [0.1, 0.15) is 61.6 Å². The van der Waals surface area contributed by atoms with E-state index in [0.29, 0.717) is 35.4 Å². The summed E-state index contributed by atoms with van der Waals surface area (Å²) in [7, 11) is -3.85. The van der Waals surface area contributed by atoms with Crippen LogP contribution < -0.4 is 10.5 Å². The van der Waals surface area contributed by atoms with Gasteiger partial charge in [0.2, 0.25) is 10.0 Å². The number of nitrogens with one attached hydrogen (secondary N) is 1. The molecular formula is C29H34FN3O3S. The summed E-state index contributed by atoms with van der Waals surface area (Å²) in [5.74, 6) is -0.102. The van der Waals surface area contributed by atoms with Crippen LogP contribution in [0.3, 0.4) is 0 Å². The summed E-state index contributed by atoms with van der Waals surface area (Å²) >= 11 is 0. The minimum Gasteiger partial charge on any atom is -0.330 e. The van der Waals surface area contributed by atoms with Crippen LogP contribution in [0.5, 0.6) is 0 Å². The second-order valence-corrected chi connectivity index (χ2v) is 11.6. The van der Waals surface area contributed by atoms with Gasteiger partial charge in [0.1, 0.15) is 23.2 Å². The second-order valence-electron chi connectivity index (χ2n) is 9.87. The molecule has 0 radical (unpaired) electrons. The number of nitrogens with zero attached hydrogens (tertiary/aromatic N) is 1. The number of nitrogens with two attached hydrogens (primary N) is 1. The van der Waals surface area contributed by atoms with Gasteiger partial charge in [0.25, 0.3) is 0 Å². The second kappa shape index (κ2) is 11.8. The van der Waals surface area contributed by atoms with Gasteiger partial charge in [-0.25, -0.2) is 12.8 Å². The SMILES string of the molecule is C=C/C=C(\C=C(/C)C=O)c1ccc([C@@H]2C(C)(C)CC(=N[C@@H](CCN)c3ccccc3F)NS2(=O)=O)cc1. The molecule has 1 saturated heterocycles. The van der Waals surface area contributed by atoms with Crippen molar-refractivity contribution in [2.75, 3.05) is 6.54 Å². The number of halogens is 1. The highest BCUT2D eigenvalue weighted by Gasteiger charge is 2.46. The fourth-order valence-electron chi connectivity index (χ4n) is 4.77. The van der Waals surface area contributed by atoms with Crippen molar-refractivity contribution in [3.8, 4) is 0 Å². The number of amidine groups is 1. The number of aldehydes is 1. The third kappa shape index (κ3) is 6.70. The van der Waals surface area contributed by atoms with Crippen LogP contribution in [0.15, 0.2) is 83.9 Å². The molecule has 0 aromatic heterocycles. The molecule has 37 heavy (non-hydrogen) atoms. The maximum atomic E-state index is 14.5. The van der Waals surface area contributed by atoms with Gasteiger partial charge < -0.3 is 5.73 Å². The van der Waals surface area contributed by atoms with Crippen LogP contribution >= 0.6 is 0 Å². The first-order valence-electron chi connectivity index (χ1n) is 12.1. The largest absolute Gasteiger partial charge is 0.330 e. The molecule has 0 amide bonds. The van der Waals surface area contributed by atoms with E-state index in [9.17, 15) is 17.6 Å². The molecule has 8 heteroatoms. The summed E-state index contributed by atoms with van der Waals surface area (Å²) in [4.78, 5) is 15.7. The Morgan fingerprint density at radius 1 is 1.24 bits per heavy atom. The van der Waals surface area contributed by atoms with Crippen LogP contribution in [0, 0.1) is 11.2 Å². The Morgan fingerprint density at radius 3 is 2.49 bits per heavy atom. The van der Waals surface area contributed by atoms with Crippen LogP contribution in [-0.4, -0.2) is 27.1 Å². The Bertz CT molecular complexity index is 1340. The van der Waals surface area contributed by atoms with Crippen molar-refractivity contribution in [1.29, 1.82) is 0 Å². The van der Waals surface area contributed by atoms with Gasteiger partial charge in [-0.1, -0.05) is 75.0 Å². The lowest BCUT2D eigenvalue weighted by Gasteiger charge is -2.39. The predicted molar refractivity (Wildman–Crippen MR) is 148 cm³/mol. The Labute approximate surface area is 218 Å². The zero-order chi connectivity index (χ0) is 27.2. The number of benzene rings is 2. The molecule has 3 rings (SSSR count). The number of allylic oxidation sites excluding steroid dienone is 5. The number of rotatable bonds is 9. The van der Waals surface area contributed by atoms with E-state index < -0.39 is 32.5 Å². The van der Waals surface area contributed by atoms with Gasteiger partial charge in [-0.2, -0.15) is 0 Å². The molecule has 1 heterocycles. The molecule has 0 bridgehead atoms. The Balaban J connectivity index is 1.95. The lowest BCUT2D eigenvalue weighted by molar-refractivity contribution is -0.104. The number of hydrogen-bond acceptors (Lipinski definition) is 5. The molecule has 0 saturated carbocycles. The van der Waals surface area contributed by atoms with Crippen molar-refractivity contribution in [3.05, 3.63) is 101 Å². The average molecular weight is 524 g/mol. The Morgan fingerprint density at radius 2 is 1.92 bits per heavy atom. The van der Waals surface area contributed by atoms with E-state index in [4.69, 9.17) is 5.73 Å². The molecule has 6 nitrogen and oxygen atoms in total. The first kappa shape index (κ1) is 28.2. The van der Waals surface area contributed by atoms with E-state index in [-0.39, 0.29) is 6.54 Å². The lowest BCUT2D eigenvalue weighted by atomic mass is 9.81. The molecule has 0 aliphatic carbocycles. The zero-order valence-electron chi connectivity index (χ0n) is 21.4. The predicted octanol–water partition coefficient (Wildman–Crippen LogP) is 5.42. The Hall–Kier alpha value is -3.36. The number of carbonyl (C=O) groups excluding carboxylic acids is 1. The summed E-state index contributed by atoms with van der Waals surface area (Å²) in [5.41, 5.74) is 8.28. The van der Waals surface area contributed by atoms with E-state index in [1.807, 2.05) is 26.0 Å². The number of carbonyl (C=O) groups is 1. The van der Waals surface area contributed by atoms with Crippen molar-refractivity contribution in [2.24, 2.45) is 16.1 Å². The maximum absolute atomic E-state index is 14.5. The van der Waals surface area contributed by atoms with E-state index >= 15 is 0 Å². The molecule has 2 atom stereocenters. The van der Waals surface area contributed by atoms with Crippen LogP contribution in [0.25, 0.3) is 5.57 Å². The summed E-state index contributed by atoms with van der Waals surface area (Å²) in [6.07, 6.45) is 6.70. The van der Waals surface area contributed by atoms with Crippen LogP contribution in [0.4, 0.5) is 4.39 Å². The molecule has 0 spiro atoms. The fraction of sp³-hybridized carbons (Fsp3) is 0.310. The smallest absolute Gasteiger partial charge is 0.241 e. The fourth-order valence-corrected chi connectivity index (χ4v) is 6.78. The van der Waals surface area contributed by atoms with Crippen molar-refractivity contribution in [3.63, 3.8) is 0 Å². The summed E-state index contributed by atoms with van der Waals surface area (Å²) in [6, 6.07) is 13.0. The number of aliphatic imine (C=N–C) groups is 1. The van der Waals surface area contributed by atoms with Crippen LogP contribution in [-0.2, 0) is 14.8 Å². The lowest BCUT2D eigenvalue weighted by Crippen LogP contribution is -2.48. The number of sulfonamides is 1. The first-order chi connectivity index (χ1) is 17.5. The van der Waals surface area contributed by atoms with Gasteiger partial charge in [-0.05, 0) is 59.7 Å². The quantitative estimate of drug-likeness (QED) is 0.260. The zero-order valence-corrected chi connectivity index (χ0v) is 22.3. The Kier molecular flexibility index (Phi) is 8.99. The van der Waals surface area contributed by atoms with E-state index in [1.165, 1.54) is 6.07 Å². The maximum Gasteiger partial charge on any atom is 0.241 e. The van der Waals surface area contributed by atoms with Gasteiger partial charge in [0.15, 0.2) is 0 Å². The summed E-state index contributed by atoms with van der Waals surface area (Å²) in [5, 5.41) is -0.825. The third-order valence-corrected chi connectivity index (χ3v) is 8.38. The van der Waals surface area contributed by atoms with E-state index in [0.717, 1.165) is 17.4 Å². The van der Waals surface area contributed by atoms with Crippen LogP contribution in [0.2, 0.25) is 0 Å². The standard InChI is InChI=1S/C29H34FN3O3S/c1-5-8-23(17-20(2)19-34)21-11-13-22(14-12-21)28-29(3,4)18-27(33-37(28,35)36)32-26(15-16-31)24-9-6-7-10-25(24)30/h5-14,17,19,26,28H,1,15-16,18,31H2,2-4H3,(H,32,33)/b20-17+,23-8+/t26-,28+/m0/s1. The molecule has 1 aliphatic rings. The van der Waals surface area contributed by atoms with E-state index in [1.54, 1.807) is 55.5 Å². The van der Waals surface area contributed by atoms with Crippen molar-refractivity contribution in [1.82, 2.24) is 4.72 Å². The molecule has 1 aliphatic heterocycles. The monoisotopic (exact) mass is 523 g/mol. The summed E-state index contributed by atoms with van der Waals surface area (Å²) in [6.45, 7) is 9.50. The van der Waals surface area contributed by atoms with Crippen molar-refractivity contribution < 1.29 is 17.6 Å². The third-order valence-electron chi connectivity index (χ3n) is 6.33. The van der Waals surface area contributed by atoms with Gasteiger partial charge >= 0.3 is 0 Å². The molecule has 3 N–H and O–H groups in total.